The lowest BCUT2D eigenvalue weighted by Gasteiger charge is -2.09. The molecule has 0 fully saturated rings. The summed E-state index contributed by atoms with van der Waals surface area (Å²) in [6.07, 6.45) is 1.01. The zero-order chi connectivity index (χ0) is 12.1. The maximum atomic E-state index is 11.2. The predicted octanol–water partition coefficient (Wildman–Crippen LogP) is 3.97. The Kier molecular flexibility index (Phi) is 4.81. The fourth-order valence-corrected chi connectivity index (χ4v) is 1.59. The number of halogens is 1. The maximum absolute atomic E-state index is 11.2. The Bertz CT molecular complexity index is 372. The van der Waals surface area contributed by atoms with Crippen LogP contribution in [-0.4, -0.2) is 12.4 Å². The number of Topliss-reactive ketones (excluding diaryl/α,β-unsaturated/α-hetero) is 1. The standard InChI is InChI=1S/C13H17ClO2/c1-9(2)6-7-16-11-4-5-12(10(3)15)13(14)8-11/h4-5,8-9H,6-7H2,1-3H3. The molecule has 0 saturated heterocycles. The fourth-order valence-electron chi connectivity index (χ4n) is 1.28. The first-order valence-electron chi connectivity index (χ1n) is 5.44. The Morgan fingerprint density at radius 2 is 2.12 bits per heavy atom. The van der Waals surface area contributed by atoms with Crippen molar-refractivity contribution in [2.45, 2.75) is 27.2 Å². The van der Waals surface area contributed by atoms with Crippen LogP contribution in [0.2, 0.25) is 5.02 Å². The average Bonchev–Trinajstić information content (AvgIpc) is 2.16. The molecule has 0 aliphatic heterocycles. The molecule has 0 radical (unpaired) electrons. The fraction of sp³-hybridized carbons (Fsp3) is 0.462. The molecule has 0 saturated carbocycles. The molecule has 0 aliphatic rings. The molecule has 0 heterocycles. The van der Waals surface area contributed by atoms with E-state index in [2.05, 4.69) is 13.8 Å². The van der Waals surface area contributed by atoms with Gasteiger partial charge in [0.2, 0.25) is 0 Å². The first-order valence-corrected chi connectivity index (χ1v) is 5.81. The minimum atomic E-state index is -0.0290. The van der Waals surface area contributed by atoms with Crippen molar-refractivity contribution in [2.75, 3.05) is 6.61 Å². The Labute approximate surface area is 102 Å². The number of ether oxygens (including phenoxy) is 1. The topological polar surface area (TPSA) is 26.3 Å². The molecular weight excluding hydrogens is 224 g/mol. The number of ketones is 1. The average molecular weight is 241 g/mol. The maximum Gasteiger partial charge on any atom is 0.161 e. The van der Waals surface area contributed by atoms with E-state index in [1.807, 2.05) is 0 Å². The second-order valence-electron chi connectivity index (χ2n) is 4.23. The van der Waals surface area contributed by atoms with Gasteiger partial charge >= 0.3 is 0 Å². The number of carbonyl (C=O) groups excluding carboxylic acids is 1. The normalized spacial score (nSPS) is 10.6. The second-order valence-corrected chi connectivity index (χ2v) is 4.64. The van der Waals surface area contributed by atoms with Crippen LogP contribution in [0.5, 0.6) is 5.75 Å². The summed E-state index contributed by atoms with van der Waals surface area (Å²) in [4.78, 5) is 11.2. The van der Waals surface area contributed by atoms with Crippen LogP contribution in [0.25, 0.3) is 0 Å². The zero-order valence-electron chi connectivity index (χ0n) is 9.92. The number of rotatable bonds is 5. The highest BCUT2D eigenvalue weighted by Gasteiger charge is 2.06. The summed E-state index contributed by atoms with van der Waals surface area (Å²) >= 11 is 5.97. The molecule has 16 heavy (non-hydrogen) atoms. The van der Waals surface area contributed by atoms with E-state index in [-0.39, 0.29) is 5.78 Å². The van der Waals surface area contributed by atoms with E-state index >= 15 is 0 Å². The highest BCUT2D eigenvalue weighted by atomic mass is 35.5. The van der Waals surface area contributed by atoms with Crippen LogP contribution in [0, 0.1) is 5.92 Å². The molecular formula is C13H17ClO2. The van der Waals surface area contributed by atoms with E-state index in [1.165, 1.54) is 6.92 Å². The molecule has 0 atom stereocenters. The van der Waals surface area contributed by atoms with Gasteiger partial charge in [-0.05, 0) is 37.5 Å². The SMILES string of the molecule is CC(=O)c1ccc(OCCC(C)C)cc1Cl. The third-order valence-corrected chi connectivity index (χ3v) is 2.60. The minimum Gasteiger partial charge on any atom is -0.494 e. The van der Waals surface area contributed by atoms with Gasteiger partial charge in [0.15, 0.2) is 5.78 Å². The molecule has 3 heteroatoms. The Morgan fingerprint density at radius 1 is 1.44 bits per heavy atom. The van der Waals surface area contributed by atoms with Gasteiger partial charge in [0.05, 0.1) is 11.6 Å². The summed E-state index contributed by atoms with van der Waals surface area (Å²) < 4.78 is 5.54. The van der Waals surface area contributed by atoms with Crippen LogP contribution in [0.15, 0.2) is 18.2 Å². The van der Waals surface area contributed by atoms with Gasteiger partial charge in [-0.3, -0.25) is 4.79 Å². The van der Waals surface area contributed by atoms with E-state index in [4.69, 9.17) is 16.3 Å². The van der Waals surface area contributed by atoms with Crippen molar-refractivity contribution in [3.05, 3.63) is 28.8 Å². The van der Waals surface area contributed by atoms with E-state index in [1.54, 1.807) is 18.2 Å². The van der Waals surface area contributed by atoms with Crippen LogP contribution in [-0.2, 0) is 0 Å². The monoisotopic (exact) mass is 240 g/mol. The van der Waals surface area contributed by atoms with E-state index in [0.29, 0.717) is 23.1 Å². The smallest absolute Gasteiger partial charge is 0.161 e. The molecule has 0 aliphatic carbocycles. The lowest BCUT2D eigenvalue weighted by molar-refractivity contribution is 0.101. The molecule has 88 valence electrons. The second kappa shape index (κ2) is 5.90. The van der Waals surface area contributed by atoms with E-state index in [9.17, 15) is 4.79 Å². The highest BCUT2D eigenvalue weighted by Crippen LogP contribution is 2.23. The van der Waals surface area contributed by atoms with Gasteiger partial charge < -0.3 is 4.74 Å². The lowest BCUT2D eigenvalue weighted by atomic mass is 10.1. The highest BCUT2D eigenvalue weighted by molar-refractivity contribution is 6.34. The van der Waals surface area contributed by atoms with Crippen LogP contribution in [0.3, 0.4) is 0 Å². The molecule has 0 unspecified atom stereocenters. The van der Waals surface area contributed by atoms with Crippen LogP contribution in [0.1, 0.15) is 37.6 Å². The summed E-state index contributed by atoms with van der Waals surface area (Å²) in [5, 5.41) is 0.453. The summed E-state index contributed by atoms with van der Waals surface area (Å²) in [5.74, 6) is 1.31. The molecule has 0 aromatic heterocycles. The molecule has 0 amide bonds. The number of carbonyl (C=O) groups is 1. The zero-order valence-corrected chi connectivity index (χ0v) is 10.7. The van der Waals surface area contributed by atoms with Crippen molar-refractivity contribution in [1.82, 2.24) is 0 Å². The van der Waals surface area contributed by atoms with Gasteiger partial charge in [-0.2, -0.15) is 0 Å². The van der Waals surface area contributed by atoms with Gasteiger partial charge in [0, 0.05) is 5.56 Å². The minimum absolute atomic E-state index is 0.0290. The van der Waals surface area contributed by atoms with Crippen molar-refractivity contribution in [3.63, 3.8) is 0 Å². The molecule has 1 aromatic carbocycles. The lowest BCUT2D eigenvalue weighted by Crippen LogP contribution is -2.02. The van der Waals surface area contributed by atoms with Crippen LogP contribution in [0.4, 0.5) is 0 Å². The first kappa shape index (κ1) is 13.0. The number of hydrogen-bond acceptors (Lipinski definition) is 2. The van der Waals surface area contributed by atoms with Gasteiger partial charge in [0.25, 0.3) is 0 Å². The molecule has 0 bridgehead atoms. The van der Waals surface area contributed by atoms with Gasteiger partial charge in [-0.25, -0.2) is 0 Å². The largest absolute Gasteiger partial charge is 0.494 e. The molecule has 2 nitrogen and oxygen atoms in total. The third kappa shape index (κ3) is 3.86. The van der Waals surface area contributed by atoms with E-state index in [0.717, 1.165) is 12.2 Å². The van der Waals surface area contributed by atoms with Crippen molar-refractivity contribution in [3.8, 4) is 5.75 Å². The van der Waals surface area contributed by atoms with Crippen molar-refractivity contribution >= 4 is 17.4 Å². The molecule has 1 rings (SSSR count). The third-order valence-electron chi connectivity index (χ3n) is 2.28. The Morgan fingerprint density at radius 3 is 2.62 bits per heavy atom. The van der Waals surface area contributed by atoms with Crippen LogP contribution < -0.4 is 4.74 Å². The summed E-state index contributed by atoms with van der Waals surface area (Å²) in [5.41, 5.74) is 0.540. The summed E-state index contributed by atoms with van der Waals surface area (Å²) in [6.45, 7) is 6.47. The predicted molar refractivity (Wildman–Crippen MR) is 66.4 cm³/mol. The van der Waals surface area contributed by atoms with Gasteiger partial charge in [0.1, 0.15) is 5.75 Å². The summed E-state index contributed by atoms with van der Waals surface area (Å²) in [6, 6.07) is 5.18. The molecule has 0 N–H and O–H groups in total. The Balaban J connectivity index is 2.63. The molecule has 0 spiro atoms. The van der Waals surface area contributed by atoms with Gasteiger partial charge in [-0.1, -0.05) is 25.4 Å². The van der Waals surface area contributed by atoms with Crippen LogP contribution >= 0.6 is 11.6 Å². The quantitative estimate of drug-likeness (QED) is 0.728. The summed E-state index contributed by atoms with van der Waals surface area (Å²) in [7, 11) is 0. The van der Waals surface area contributed by atoms with Crippen molar-refractivity contribution in [2.24, 2.45) is 5.92 Å². The number of hydrogen-bond donors (Lipinski definition) is 0. The molecule has 1 aromatic rings. The van der Waals surface area contributed by atoms with E-state index < -0.39 is 0 Å². The first-order chi connectivity index (χ1) is 7.50. The number of benzene rings is 1. The Hall–Kier alpha value is -1.02. The van der Waals surface area contributed by atoms with Gasteiger partial charge in [-0.15, -0.1) is 0 Å². The van der Waals surface area contributed by atoms with Crippen molar-refractivity contribution < 1.29 is 9.53 Å². The van der Waals surface area contributed by atoms with Crippen molar-refractivity contribution in [1.29, 1.82) is 0 Å².